The molecule has 0 saturated carbocycles. The molecular formula is C16H21NO2. The topological polar surface area (TPSA) is 48.4 Å². The van der Waals surface area contributed by atoms with Crippen molar-refractivity contribution in [3.63, 3.8) is 0 Å². The van der Waals surface area contributed by atoms with Crippen molar-refractivity contribution in [2.75, 3.05) is 0 Å². The second-order valence-corrected chi connectivity index (χ2v) is 4.80. The van der Waals surface area contributed by atoms with Crippen molar-refractivity contribution in [2.45, 2.75) is 39.0 Å². The fraction of sp³-hybridized carbons (Fsp3) is 0.375. The van der Waals surface area contributed by atoms with Crippen LogP contribution < -0.4 is 5.73 Å². The summed E-state index contributed by atoms with van der Waals surface area (Å²) in [4.78, 5) is 0. The van der Waals surface area contributed by atoms with E-state index < -0.39 is 0 Å². The van der Waals surface area contributed by atoms with Crippen LogP contribution in [-0.4, -0.2) is 6.04 Å². The highest BCUT2D eigenvalue weighted by molar-refractivity contribution is 5.25. The van der Waals surface area contributed by atoms with E-state index in [1.54, 1.807) is 6.26 Å². The largest absolute Gasteiger partial charge is 0.467 e. The molecule has 0 bridgehead atoms. The summed E-state index contributed by atoms with van der Waals surface area (Å²) in [5, 5.41) is 0. The Morgan fingerprint density at radius 2 is 2.11 bits per heavy atom. The highest BCUT2D eigenvalue weighted by atomic mass is 16.5. The van der Waals surface area contributed by atoms with Crippen molar-refractivity contribution in [2.24, 2.45) is 5.73 Å². The Kier molecular flexibility index (Phi) is 4.77. The van der Waals surface area contributed by atoms with E-state index in [2.05, 4.69) is 32.0 Å². The average molecular weight is 259 g/mol. The first-order valence-corrected chi connectivity index (χ1v) is 6.67. The number of nitrogens with two attached hydrogens (primary N) is 1. The number of ether oxygens (including phenoxy) is 1. The fourth-order valence-corrected chi connectivity index (χ4v) is 2.09. The second-order valence-electron chi connectivity index (χ2n) is 4.80. The van der Waals surface area contributed by atoms with Crippen LogP contribution in [0.2, 0.25) is 0 Å². The van der Waals surface area contributed by atoms with Crippen LogP contribution in [-0.2, 0) is 11.3 Å². The minimum Gasteiger partial charge on any atom is -0.467 e. The van der Waals surface area contributed by atoms with Crippen LogP contribution in [0, 0.1) is 6.92 Å². The molecule has 2 rings (SSSR count). The summed E-state index contributed by atoms with van der Waals surface area (Å²) in [5.41, 5.74) is 8.52. The molecule has 2 unspecified atom stereocenters. The molecule has 0 saturated heterocycles. The van der Waals surface area contributed by atoms with E-state index in [4.69, 9.17) is 14.9 Å². The lowest BCUT2D eigenvalue weighted by molar-refractivity contribution is 0.0126. The van der Waals surface area contributed by atoms with Gasteiger partial charge in [0.25, 0.3) is 0 Å². The number of benzene rings is 1. The first-order valence-electron chi connectivity index (χ1n) is 6.67. The normalized spacial score (nSPS) is 14.3. The van der Waals surface area contributed by atoms with Crippen molar-refractivity contribution in [3.8, 4) is 0 Å². The van der Waals surface area contributed by atoms with Crippen LogP contribution in [0.15, 0.2) is 47.1 Å². The molecule has 19 heavy (non-hydrogen) atoms. The van der Waals surface area contributed by atoms with Gasteiger partial charge in [-0.2, -0.15) is 0 Å². The van der Waals surface area contributed by atoms with E-state index in [0.29, 0.717) is 6.61 Å². The lowest BCUT2D eigenvalue weighted by Crippen LogP contribution is -2.29. The molecule has 0 aliphatic rings. The van der Waals surface area contributed by atoms with E-state index in [9.17, 15) is 0 Å². The second kappa shape index (κ2) is 6.55. The molecule has 3 nitrogen and oxygen atoms in total. The quantitative estimate of drug-likeness (QED) is 0.862. The van der Waals surface area contributed by atoms with E-state index >= 15 is 0 Å². The van der Waals surface area contributed by atoms with E-state index in [-0.39, 0.29) is 12.1 Å². The molecule has 0 fully saturated rings. The van der Waals surface area contributed by atoms with Gasteiger partial charge in [0.05, 0.1) is 12.4 Å². The molecule has 1 aromatic carbocycles. The Hall–Kier alpha value is -1.58. The number of hydrogen-bond donors (Lipinski definition) is 1. The zero-order valence-electron chi connectivity index (χ0n) is 11.5. The predicted octanol–water partition coefficient (Wildman–Crippen LogP) is 3.58. The van der Waals surface area contributed by atoms with Crippen molar-refractivity contribution >= 4 is 0 Å². The van der Waals surface area contributed by atoms with Crippen LogP contribution in [0.3, 0.4) is 0 Å². The predicted molar refractivity (Wildman–Crippen MR) is 75.7 cm³/mol. The lowest BCUT2D eigenvalue weighted by atomic mass is 9.99. The maximum atomic E-state index is 6.18. The number of furan rings is 1. The summed E-state index contributed by atoms with van der Waals surface area (Å²) in [6.45, 7) is 4.59. The summed E-state index contributed by atoms with van der Waals surface area (Å²) in [6.07, 6.45) is 2.42. The van der Waals surface area contributed by atoms with Crippen LogP contribution in [0.5, 0.6) is 0 Å². The highest BCUT2D eigenvalue weighted by Gasteiger charge is 2.19. The third kappa shape index (κ3) is 3.69. The number of rotatable bonds is 6. The van der Waals surface area contributed by atoms with E-state index in [1.165, 1.54) is 5.56 Å². The number of aryl methyl sites for hydroxylation is 1. The highest BCUT2D eigenvalue weighted by Crippen LogP contribution is 2.24. The SMILES string of the molecule is CCC(N)C(OCc1ccco1)c1cccc(C)c1. The smallest absolute Gasteiger partial charge is 0.129 e. The van der Waals surface area contributed by atoms with Gasteiger partial charge in [0.2, 0.25) is 0 Å². The number of hydrogen-bond acceptors (Lipinski definition) is 3. The molecule has 0 aliphatic carbocycles. The molecule has 1 heterocycles. The summed E-state index contributed by atoms with van der Waals surface area (Å²) in [7, 11) is 0. The molecule has 3 heteroatoms. The zero-order chi connectivity index (χ0) is 13.7. The van der Waals surface area contributed by atoms with Crippen molar-refractivity contribution in [1.82, 2.24) is 0 Å². The third-order valence-electron chi connectivity index (χ3n) is 3.22. The molecule has 0 spiro atoms. The Balaban J connectivity index is 2.11. The third-order valence-corrected chi connectivity index (χ3v) is 3.22. The first kappa shape index (κ1) is 13.8. The molecule has 0 aliphatic heterocycles. The summed E-state index contributed by atoms with van der Waals surface area (Å²) >= 11 is 0. The Morgan fingerprint density at radius 1 is 1.26 bits per heavy atom. The summed E-state index contributed by atoms with van der Waals surface area (Å²) < 4.78 is 11.3. The van der Waals surface area contributed by atoms with Gasteiger partial charge in [-0.25, -0.2) is 0 Å². The Morgan fingerprint density at radius 3 is 2.74 bits per heavy atom. The summed E-state index contributed by atoms with van der Waals surface area (Å²) in [5.74, 6) is 0.820. The van der Waals surface area contributed by atoms with Crippen molar-refractivity contribution < 1.29 is 9.15 Å². The zero-order valence-corrected chi connectivity index (χ0v) is 11.5. The van der Waals surface area contributed by atoms with Gasteiger partial charge in [0, 0.05) is 6.04 Å². The van der Waals surface area contributed by atoms with Crippen LogP contribution in [0.25, 0.3) is 0 Å². The molecule has 0 radical (unpaired) electrons. The molecule has 1 aromatic heterocycles. The van der Waals surface area contributed by atoms with Gasteiger partial charge in [-0.05, 0) is 31.0 Å². The Labute approximate surface area is 114 Å². The lowest BCUT2D eigenvalue weighted by Gasteiger charge is -2.23. The fourth-order valence-electron chi connectivity index (χ4n) is 2.09. The average Bonchev–Trinajstić information content (AvgIpc) is 2.92. The van der Waals surface area contributed by atoms with Gasteiger partial charge < -0.3 is 14.9 Å². The van der Waals surface area contributed by atoms with Crippen molar-refractivity contribution in [3.05, 3.63) is 59.5 Å². The van der Waals surface area contributed by atoms with Gasteiger partial charge in [-0.1, -0.05) is 36.8 Å². The van der Waals surface area contributed by atoms with Crippen molar-refractivity contribution in [1.29, 1.82) is 0 Å². The van der Waals surface area contributed by atoms with Gasteiger partial charge in [0.15, 0.2) is 0 Å². The van der Waals surface area contributed by atoms with E-state index in [0.717, 1.165) is 17.7 Å². The first-order chi connectivity index (χ1) is 9.20. The maximum Gasteiger partial charge on any atom is 0.129 e. The molecule has 0 amide bonds. The minimum atomic E-state index is -0.102. The minimum absolute atomic E-state index is 0.0169. The standard InChI is InChI=1S/C16H21NO2/c1-3-15(17)16(13-7-4-6-12(2)10-13)19-11-14-8-5-9-18-14/h4-10,15-16H,3,11,17H2,1-2H3. The molecule has 2 N–H and O–H groups in total. The van der Waals surface area contributed by atoms with Gasteiger partial charge in [0.1, 0.15) is 12.4 Å². The summed E-state index contributed by atoms with van der Waals surface area (Å²) in [6, 6.07) is 12.1. The van der Waals surface area contributed by atoms with E-state index in [1.807, 2.05) is 18.2 Å². The van der Waals surface area contributed by atoms with Gasteiger partial charge in [-0.15, -0.1) is 0 Å². The molecule has 102 valence electrons. The van der Waals surface area contributed by atoms with Crippen LogP contribution in [0.4, 0.5) is 0 Å². The monoisotopic (exact) mass is 259 g/mol. The van der Waals surface area contributed by atoms with Gasteiger partial charge in [-0.3, -0.25) is 0 Å². The van der Waals surface area contributed by atoms with Gasteiger partial charge >= 0.3 is 0 Å². The molecule has 2 aromatic rings. The maximum absolute atomic E-state index is 6.18. The van der Waals surface area contributed by atoms with Crippen LogP contribution >= 0.6 is 0 Å². The van der Waals surface area contributed by atoms with Crippen LogP contribution in [0.1, 0.15) is 36.3 Å². The molecule has 2 atom stereocenters. The molecular weight excluding hydrogens is 238 g/mol. The Bertz CT molecular complexity index is 493.